The fourth-order valence-corrected chi connectivity index (χ4v) is 4.11. The summed E-state index contributed by atoms with van der Waals surface area (Å²) in [4.78, 5) is 76.9. The third-order valence-corrected chi connectivity index (χ3v) is 6.06. The van der Waals surface area contributed by atoms with Crippen molar-refractivity contribution in [3.8, 4) is 0 Å². The van der Waals surface area contributed by atoms with E-state index >= 15 is 0 Å². The Morgan fingerprint density at radius 1 is 1.03 bits per heavy atom. The maximum Gasteiger partial charge on any atom is 0.326 e. The molecule has 15 heteroatoms. The molecular weight excluding hydrogens is 486 g/mol. The summed E-state index contributed by atoms with van der Waals surface area (Å²) in [5, 5.41) is 14.7. The molecule has 9 N–H and O–H groups in total. The third kappa shape index (κ3) is 7.60. The molecule has 3 rings (SSSR count). The number of hydrogen-bond acceptors (Lipinski definition) is 8. The number of primary amides is 1. The molecule has 3 heterocycles. The zero-order chi connectivity index (χ0) is 26.9. The molecule has 1 fully saturated rings. The summed E-state index contributed by atoms with van der Waals surface area (Å²) < 4.78 is 0. The molecule has 0 radical (unpaired) electrons. The molecule has 0 aromatic carbocycles. The van der Waals surface area contributed by atoms with Gasteiger partial charge in [-0.05, 0) is 19.3 Å². The Labute approximate surface area is 211 Å². The molecule has 15 nitrogen and oxygen atoms in total. The first-order chi connectivity index (χ1) is 17.7. The van der Waals surface area contributed by atoms with Crippen molar-refractivity contribution in [3.63, 3.8) is 0 Å². The van der Waals surface area contributed by atoms with E-state index in [1.54, 1.807) is 0 Å². The van der Waals surface area contributed by atoms with Crippen LogP contribution in [0.25, 0.3) is 0 Å². The summed E-state index contributed by atoms with van der Waals surface area (Å²) in [5.41, 5.74) is 12.1. The van der Waals surface area contributed by atoms with E-state index < -0.39 is 53.8 Å². The van der Waals surface area contributed by atoms with Crippen molar-refractivity contribution in [2.75, 3.05) is 6.54 Å². The SMILES string of the molecule is NC(=O)CCC(N)C(=O)NC(Cc1cnc[nH]1)C(=O)NC(Cc1cnc[nH]1)C(=O)N1CCCC1C(=O)O. The molecule has 1 aliphatic heterocycles. The van der Waals surface area contributed by atoms with Crippen LogP contribution in [-0.2, 0) is 36.8 Å². The highest BCUT2D eigenvalue weighted by Crippen LogP contribution is 2.19. The number of carboxylic acid groups (broad SMARTS) is 1. The standard InChI is InChI=1S/C22H31N9O6/c23-14(3-4-18(24)32)19(33)29-15(6-12-8-25-10-27-12)20(34)30-16(7-13-9-26-11-28-13)21(35)31-5-1-2-17(31)22(36)37/h8-11,14-17H,1-7,23H2,(H2,24,32)(H,25,27)(H,26,28)(H,29,33)(H,30,34)(H,36,37). The lowest BCUT2D eigenvalue weighted by Crippen LogP contribution is -2.58. The van der Waals surface area contributed by atoms with Gasteiger partial charge in [-0.25, -0.2) is 14.8 Å². The van der Waals surface area contributed by atoms with Crippen molar-refractivity contribution in [1.29, 1.82) is 0 Å². The lowest BCUT2D eigenvalue weighted by atomic mass is 10.1. The summed E-state index contributed by atoms with van der Waals surface area (Å²) in [7, 11) is 0. The van der Waals surface area contributed by atoms with Crippen molar-refractivity contribution in [2.24, 2.45) is 11.5 Å². The van der Waals surface area contributed by atoms with Crippen LogP contribution in [0.5, 0.6) is 0 Å². The molecule has 1 saturated heterocycles. The van der Waals surface area contributed by atoms with Crippen LogP contribution in [0, 0.1) is 0 Å². The number of imidazole rings is 2. The van der Waals surface area contributed by atoms with Crippen molar-refractivity contribution in [2.45, 2.75) is 62.7 Å². The molecule has 4 amide bonds. The summed E-state index contributed by atoms with van der Waals surface area (Å²) in [5.74, 6) is -3.65. The highest BCUT2D eigenvalue weighted by Gasteiger charge is 2.38. The largest absolute Gasteiger partial charge is 0.480 e. The van der Waals surface area contributed by atoms with E-state index in [1.807, 2.05) is 0 Å². The number of carbonyl (C=O) groups excluding carboxylic acids is 4. The summed E-state index contributed by atoms with van der Waals surface area (Å²) in [6.45, 7) is 0.244. The van der Waals surface area contributed by atoms with Crippen molar-refractivity contribution in [3.05, 3.63) is 36.4 Å². The molecule has 0 spiro atoms. The number of amides is 4. The molecular formula is C22H31N9O6. The third-order valence-electron chi connectivity index (χ3n) is 6.06. The van der Waals surface area contributed by atoms with E-state index in [0.717, 1.165) is 0 Å². The number of rotatable bonds is 13. The molecule has 4 unspecified atom stereocenters. The predicted molar refractivity (Wildman–Crippen MR) is 127 cm³/mol. The highest BCUT2D eigenvalue weighted by atomic mass is 16.4. The maximum absolute atomic E-state index is 13.4. The summed E-state index contributed by atoms with van der Waals surface area (Å²) >= 11 is 0. The fourth-order valence-electron chi connectivity index (χ4n) is 4.11. The van der Waals surface area contributed by atoms with Gasteiger partial charge in [0.1, 0.15) is 18.1 Å². The summed E-state index contributed by atoms with van der Waals surface area (Å²) in [6.07, 6.45) is 6.56. The predicted octanol–water partition coefficient (Wildman–Crippen LogP) is -2.44. The topological polar surface area (TPSA) is 242 Å². The maximum atomic E-state index is 13.4. The average molecular weight is 518 g/mol. The first kappa shape index (κ1) is 27.3. The van der Waals surface area contributed by atoms with Gasteiger partial charge in [-0.15, -0.1) is 0 Å². The van der Waals surface area contributed by atoms with E-state index in [2.05, 4.69) is 30.6 Å². The number of aliphatic carboxylic acids is 1. The van der Waals surface area contributed by atoms with E-state index in [-0.39, 0.29) is 32.2 Å². The van der Waals surface area contributed by atoms with Gasteiger partial charge in [-0.1, -0.05) is 0 Å². The second kappa shape index (κ2) is 12.6. The number of likely N-dealkylation sites (tertiary alicyclic amines) is 1. The van der Waals surface area contributed by atoms with Gasteiger partial charge < -0.3 is 42.1 Å². The van der Waals surface area contributed by atoms with Crippen LogP contribution in [0.1, 0.15) is 37.1 Å². The van der Waals surface area contributed by atoms with Crippen LogP contribution in [0.3, 0.4) is 0 Å². The first-order valence-electron chi connectivity index (χ1n) is 11.8. The van der Waals surface area contributed by atoms with Gasteiger partial charge in [0.25, 0.3) is 0 Å². The Hall–Kier alpha value is -4.27. The molecule has 2 aromatic heterocycles. The van der Waals surface area contributed by atoms with E-state index in [0.29, 0.717) is 24.2 Å². The van der Waals surface area contributed by atoms with Gasteiger partial charge in [-0.2, -0.15) is 0 Å². The van der Waals surface area contributed by atoms with Crippen LogP contribution < -0.4 is 22.1 Å². The Morgan fingerprint density at radius 2 is 1.62 bits per heavy atom. The Balaban J connectivity index is 1.78. The van der Waals surface area contributed by atoms with Gasteiger partial charge in [0, 0.05) is 49.6 Å². The molecule has 2 aromatic rings. The number of carbonyl (C=O) groups is 5. The molecule has 4 atom stereocenters. The van der Waals surface area contributed by atoms with Gasteiger partial charge >= 0.3 is 5.97 Å². The smallest absolute Gasteiger partial charge is 0.326 e. The fraction of sp³-hybridized carbons (Fsp3) is 0.500. The Bertz CT molecular complexity index is 1090. The van der Waals surface area contributed by atoms with Gasteiger partial charge in [0.2, 0.25) is 23.6 Å². The second-order valence-electron chi connectivity index (χ2n) is 8.82. The first-order valence-corrected chi connectivity index (χ1v) is 11.8. The van der Waals surface area contributed by atoms with Crippen LogP contribution in [0.15, 0.2) is 25.0 Å². The van der Waals surface area contributed by atoms with Crippen LogP contribution >= 0.6 is 0 Å². The molecule has 1 aliphatic rings. The van der Waals surface area contributed by atoms with E-state index in [4.69, 9.17) is 11.5 Å². The normalized spacial score (nSPS) is 17.5. The summed E-state index contributed by atoms with van der Waals surface area (Å²) in [6, 6.07) is -4.36. The van der Waals surface area contributed by atoms with E-state index in [9.17, 15) is 29.1 Å². The number of aromatic nitrogens is 4. The number of nitrogens with two attached hydrogens (primary N) is 2. The molecule has 0 aliphatic carbocycles. The Kier molecular flexibility index (Phi) is 9.32. The molecule has 0 bridgehead atoms. The van der Waals surface area contributed by atoms with Gasteiger partial charge in [-0.3, -0.25) is 19.2 Å². The number of H-pyrrole nitrogens is 2. The van der Waals surface area contributed by atoms with Gasteiger partial charge in [0.15, 0.2) is 0 Å². The zero-order valence-electron chi connectivity index (χ0n) is 20.1. The van der Waals surface area contributed by atoms with E-state index in [1.165, 1.54) is 29.9 Å². The number of nitrogens with one attached hydrogen (secondary N) is 4. The quantitative estimate of drug-likeness (QED) is 0.149. The van der Waals surface area contributed by atoms with Crippen molar-refractivity contribution in [1.82, 2.24) is 35.5 Å². The van der Waals surface area contributed by atoms with Crippen LogP contribution in [-0.4, -0.2) is 90.3 Å². The molecule has 0 saturated carbocycles. The Morgan fingerprint density at radius 3 is 2.16 bits per heavy atom. The van der Waals surface area contributed by atoms with Crippen LogP contribution in [0.4, 0.5) is 0 Å². The number of aromatic amines is 2. The minimum atomic E-state index is -1.15. The lowest BCUT2D eigenvalue weighted by Gasteiger charge is -2.28. The lowest BCUT2D eigenvalue weighted by molar-refractivity contribution is -0.149. The minimum Gasteiger partial charge on any atom is -0.480 e. The van der Waals surface area contributed by atoms with Crippen LogP contribution in [0.2, 0.25) is 0 Å². The zero-order valence-corrected chi connectivity index (χ0v) is 20.1. The van der Waals surface area contributed by atoms with Gasteiger partial charge in [0.05, 0.1) is 18.7 Å². The monoisotopic (exact) mass is 517 g/mol. The number of nitrogens with zero attached hydrogens (tertiary/aromatic N) is 3. The second-order valence-corrected chi connectivity index (χ2v) is 8.82. The molecule has 37 heavy (non-hydrogen) atoms. The number of carboxylic acids is 1. The van der Waals surface area contributed by atoms with Crippen molar-refractivity contribution >= 4 is 29.6 Å². The number of hydrogen-bond donors (Lipinski definition) is 7. The van der Waals surface area contributed by atoms with Crippen molar-refractivity contribution < 1.29 is 29.1 Å². The average Bonchev–Trinajstić information content (AvgIpc) is 3.64. The minimum absolute atomic E-state index is 0.00649. The highest BCUT2D eigenvalue weighted by molar-refractivity contribution is 5.94. The molecule has 200 valence electrons.